The molecule has 1 aromatic carbocycles. The molecule has 94 valence electrons. The molecule has 0 bridgehead atoms. The Bertz CT molecular complexity index is 358. The first-order chi connectivity index (χ1) is 8.13. The van der Waals surface area contributed by atoms with Gasteiger partial charge in [-0.05, 0) is 62.8 Å². The van der Waals surface area contributed by atoms with E-state index in [2.05, 4.69) is 32.0 Å². The minimum atomic E-state index is -0.335. The Kier molecular flexibility index (Phi) is 3.72. The standard InChI is InChI=1S/C15H22O2/c1-12-8-13(2)10-14(9-12)17-15(11-16)6-4-3-5-7-15/h8-10,16H,3-7,11H2,1-2H3. The third-order valence-electron chi connectivity index (χ3n) is 3.58. The van der Waals surface area contributed by atoms with Gasteiger partial charge in [-0.2, -0.15) is 0 Å². The Labute approximate surface area is 104 Å². The maximum absolute atomic E-state index is 9.62. The van der Waals surface area contributed by atoms with Crippen LogP contribution in [-0.2, 0) is 0 Å². The summed E-state index contributed by atoms with van der Waals surface area (Å²) in [5, 5.41) is 9.62. The Morgan fingerprint density at radius 3 is 2.18 bits per heavy atom. The first-order valence-electron chi connectivity index (χ1n) is 6.52. The molecular formula is C15H22O2. The predicted molar refractivity (Wildman–Crippen MR) is 69.4 cm³/mol. The number of aliphatic hydroxyl groups is 1. The van der Waals surface area contributed by atoms with Crippen molar-refractivity contribution in [2.24, 2.45) is 0 Å². The van der Waals surface area contributed by atoms with Crippen molar-refractivity contribution in [1.82, 2.24) is 0 Å². The Balaban J connectivity index is 2.17. The van der Waals surface area contributed by atoms with Crippen LogP contribution in [-0.4, -0.2) is 17.3 Å². The smallest absolute Gasteiger partial charge is 0.132 e. The molecule has 1 aromatic rings. The van der Waals surface area contributed by atoms with Crippen LogP contribution in [0.3, 0.4) is 0 Å². The minimum absolute atomic E-state index is 0.125. The first kappa shape index (κ1) is 12.4. The molecule has 2 heteroatoms. The van der Waals surface area contributed by atoms with E-state index in [1.54, 1.807) is 0 Å². The molecule has 0 aromatic heterocycles. The van der Waals surface area contributed by atoms with Gasteiger partial charge in [-0.3, -0.25) is 0 Å². The number of rotatable bonds is 3. The molecule has 1 aliphatic rings. The van der Waals surface area contributed by atoms with Crippen LogP contribution in [0.4, 0.5) is 0 Å². The van der Waals surface area contributed by atoms with Gasteiger partial charge in [0.2, 0.25) is 0 Å². The van der Waals surface area contributed by atoms with Gasteiger partial charge in [0, 0.05) is 0 Å². The molecule has 17 heavy (non-hydrogen) atoms. The van der Waals surface area contributed by atoms with Gasteiger partial charge < -0.3 is 9.84 Å². The zero-order chi connectivity index (χ0) is 12.3. The van der Waals surface area contributed by atoms with Crippen molar-refractivity contribution in [3.05, 3.63) is 29.3 Å². The summed E-state index contributed by atoms with van der Waals surface area (Å²) >= 11 is 0. The Morgan fingerprint density at radius 2 is 1.65 bits per heavy atom. The molecule has 0 radical (unpaired) electrons. The summed E-state index contributed by atoms with van der Waals surface area (Å²) in [6, 6.07) is 6.25. The lowest BCUT2D eigenvalue weighted by atomic mass is 9.85. The van der Waals surface area contributed by atoms with Crippen LogP contribution in [0.25, 0.3) is 0 Å². The number of aliphatic hydroxyl groups excluding tert-OH is 1. The molecule has 0 amide bonds. The van der Waals surface area contributed by atoms with Crippen LogP contribution in [0, 0.1) is 13.8 Å². The van der Waals surface area contributed by atoms with E-state index in [9.17, 15) is 5.11 Å². The van der Waals surface area contributed by atoms with Gasteiger partial charge in [0.15, 0.2) is 0 Å². The predicted octanol–water partition coefficient (Wildman–Crippen LogP) is 3.38. The van der Waals surface area contributed by atoms with Gasteiger partial charge in [-0.25, -0.2) is 0 Å². The third kappa shape index (κ3) is 3.01. The molecular weight excluding hydrogens is 212 g/mol. The SMILES string of the molecule is Cc1cc(C)cc(OC2(CO)CCCCC2)c1. The second kappa shape index (κ2) is 5.09. The van der Waals surface area contributed by atoms with E-state index in [1.807, 2.05) is 0 Å². The van der Waals surface area contributed by atoms with E-state index >= 15 is 0 Å². The van der Waals surface area contributed by atoms with Crippen LogP contribution in [0.5, 0.6) is 5.75 Å². The normalized spacial score (nSPS) is 19.0. The highest BCUT2D eigenvalue weighted by atomic mass is 16.5. The summed E-state index contributed by atoms with van der Waals surface area (Å²) in [6.07, 6.45) is 5.52. The Hall–Kier alpha value is -1.02. The molecule has 2 nitrogen and oxygen atoms in total. The van der Waals surface area contributed by atoms with E-state index in [1.165, 1.54) is 17.5 Å². The van der Waals surface area contributed by atoms with Crippen LogP contribution in [0.1, 0.15) is 43.2 Å². The van der Waals surface area contributed by atoms with Gasteiger partial charge in [-0.1, -0.05) is 12.5 Å². The quantitative estimate of drug-likeness (QED) is 0.868. The highest BCUT2D eigenvalue weighted by molar-refractivity contribution is 5.33. The number of benzene rings is 1. The summed E-state index contributed by atoms with van der Waals surface area (Å²) in [5.74, 6) is 0.901. The molecule has 1 N–H and O–H groups in total. The van der Waals surface area contributed by atoms with Crippen molar-refractivity contribution in [2.45, 2.75) is 51.6 Å². The second-order valence-electron chi connectivity index (χ2n) is 5.33. The summed E-state index contributed by atoms with van der Waals surface area (Å²) in [4.78, 5) is 0. The zero-order valence-corrected chi connectivity index (χ0v) is 10.8. The van der Waals surface area contributed by atoms with Gasteiger partial charge in [0.1, 0.15) is 11.4 Å². The summed E-state index contributed by atoms with van der Waals surface area (Å²) in [7, 11) is 0. The van der Waals surface area contributed by atoms with Crippen molar-refractivity contribution in [2.75, 3.05) is 6.61 Å². The van der Waals surface area contributed by atoms with Gasteiger partial charge in [0.25, 0.3) is 0 Å². The zero-order valence-electron chi connectivity index (χ0n) is 10.8. The molecule has 0 atom stereocenters. The summed E-state index contributed by atoms with van der Waals surface area (Å²) in [5.41, 5.74) is 2.09. The van der Waals surface area contributed by atoms with Gasteiger partial charge >= 0.3 is 0 Å². The van der Waals surface area contributed by atoms with Crippen molar-refractivity contribution < 1.29 is 9.84 Å². The monoisotopic (exact) mass is 234 g/mol. The molecule has 1 aliphatic carbocycles. The molecule has 1 saturated carbocycles. The summed E-state index contributed by atoms with van der Waals surface area (Å²) < 4.78 is 6.10. The van der Waals surface area contributed by atoms with Gasteiger partial charge in [0.05, 0.1) is 6.61 Å². The fourth-order valence-electron chi connectivity index (χ4n) is 2.73. The van der Waals surface area contributed by atoms with E-state index in [0.717, 1.165) is 31.4 Å². The fraction of sp³-hybridized carbons (Fsp3) is 0.600. The van der Waals surface area contributed by atoms with E-state index in [0.29, 0.717) is 0 Å². The van der Waals surface area contributed by atoms with E-state index < -0.39 is 0 Å². The van der Waals surface area contributed by atoms with Crippen molar-refractivity contribution >= 4 is 0 Å². The molecule has 0 spiro atoms. The minimum Gasteiger partial charge on any atom is -0.485 e. The number of ether oxygens (including phenoxy) is 1. The fourth-order valence-corrected chi connectivity index (χ4v) is 2.73. The van der Waals surface area contributed by atoms with Gasteiger partial charge in [-0.15, -0.1) is 0 Å². The average molecular weight is 234 g/mol. The molecule has 0 unspecified atom stereocenters. The molecule has 0 heterocycles. The summed E-state index contributed by atoms with van der Waals surface area (Å²) in [6.45, 7) is 4.28. The van der Waals surface area contributed by atoms with E-state index in [-0.39, 0.29) is 12.2 Å². The van der Waals surface area contributed by atoms with Crippen LogP contribution < -0.4 is 4.74 Å². The first-order valence-corrected chi connectivity index (χ1v) is 6.52. The second-order valence-corrected chi connectivity index (χ2v) is 5.33. The maximum atomic E-state index is 9.62. The molecule has 2 rings (SSSR count). The van der Waals surface area contributed by atoms with Crippen LogP contribution in [0.15, 0.2) is 18.2 Å². The third-order valence-corrected chi connectivity index (χ3v) is 3.58. The van der Waals surface area contributed by atoms with Crippen molar-refractivity contribution in [3.8, 4) is 5.75 Å². The highest BCUT2D eigenvalue weighted by Crippen LogP contribution is 2.33. The molecule has 0 saturated heterocycles. The largest absolute Gasteiger partial charge is 0.485 e. The average Bonchev–Trinajstić information content (AvgIpc) is 2.29. The number of aryl methyl sites for hydroxylation is 2. The lowest BCUT2D eigenvalue weighted by Crippen LogP contribution is -2.42. The van der Waals surface area contributed by atoms with E-state index in [4.69, 9.17) is 4.74 Å². The topological polar surface area (TPSA) is 29.5 Å². The van der Waals surface area contributed by atoms with Crippen LogP contribution in [0.2, 0.25) is 0 Å². The van der Waals surface area contributed by atoms with Crippen LogP contribution >= 0.6 is 0 Å². The Morgan fingerprint density at radius 1 is 1.06 bits per heavy atom. The highest BCUT2D eigenvalue weighted by Gasteiger charge is 2.33. The lowest BCUT2D eigenvalue weighted by Gasteiger charge is -2.36. The lowest BCUT2D eigenvalue weighted by molar-refractivity contribution is -0.0198. The maximum Gasteiger partial charge on any atom is 0.132 e. The number of hydrogen-bond acceptors (Lipinski definition) is 2. The molecule has 1 fully saturated rings. The molecule has 0 aliphatic heterocycles. The van der Waals surface area contributed by atoms with Crippen molar-refractivity contribution in [3.63, 3.8) is 0 Å². The number of hydrogen-bond donors (Lipinski definition) is 1. The van der Waals surface area contributed by atoms with Crippen molar-refractivity contribution in [1.29, 1.82) is 0 Å².